The Morgan fingerprint density at radius 2 is 1.87 bits per heavy atom. The zero-order valence-corrected chi connectivity index (χ0v) is 13.5. The Labute approximate surface area is 139 Å². The number of thiazole rings is 1. The minimum absolute atomic E-state index is 0.276. The summed E-state index contributed by atoms with van der Waals surface area (Å²) in [4.78, 5) is 18.1. The third-order valence-electron chi connectivity index (χ3n) is 3.24. The van der Waals surface area contributed by atoms with Crippen LogP contribution in [0.2, 0.25) is 0 Å². The van der Waals surface area contributed by atoms with E-state index in [0.29, 0.717) is 12.2 Å². The highest BCUT2D eigenvalue weighted by atomic mass is 32.1. The molecule has 0 radical (unpaired) electrons. The molecule has 0 atom stereocenters. The van der Waals surface area contributed by atoms with E-state index in [4.69, 9.17) is 0 Å². The molecule has 0 N–H and O–H groups in total. The van der Waals surface area contributed by atoms with Gasteiger partial charge in [0, 0.05) is 5.38 Å². The largest absolute Gasteiger partial charge is 0.368 e. The van der Waals surface area contributed by atoms with Gasteiger partial charge in [-0.25, -0.2) is 9.78 Å². The molecular formula is C15H11N5OS2. The Balaban J connectivity index is 1.61. The van der Waals surface area contributed by atoms with Crippen molar-refractivity contribution in [2.24, 2.45) is 0 Å². The number of aromatic nitrogens is 5. The van der Waals surface area contributed by atoms with Crippen LogP contribution in [0.3, 0.4) is 0 Å². The molecule has 114 valence electrons. The molecule has 6 nitrogen and oxygen atoms in total. The Hall–Kier alpha value is -2.58. The molecule has 0 aliphatic rings. The molecule has 0 unspecified atom stereocenters. The number of tetrazole rings is 1. The fourth-order valence-corrected chi connectivity index (χ4v) is 3.78. The van der Waals surface area contributed by atoms with E-state index in [1.807, 2.05) is 53.2 Å². The Bertz CT molecular complexity index is 969. The minimum atomic E-state index is -0.276. The van der Waals surface area contributed by atoms with Crippen molar-refractivity contribution in [3.05, 3.63) is 69.4 Å². The molecule has 3 heterocycles. The van der Waals surface area contributed by atoms with E-state index < -0.39 is 0 Å². The van der Waals surface area contributed by atoms with Gasteiger partial charge in [0.2, 0.25) is 0 Å². The van der Waals surface area contributed by atoms with Gasteiger partial charge in [-0.2, -0.15) is 9.36 Å². The van der Waals surface area contributed by atoms with Gasteiger partial charge in [0.25, 0.3) is 0 Å². The van der Waals surface area contributed by atoms with Crippen molar-refractivity contribution < 1.29 is 0 Å². The summed E-state index contributed by atoms with van der Waals surface area (Å²) in [5.74, 6) is 0. The summed E-state index contributed by atoms with van der Waals surface area (Å²) >= 11 is 3.21. The van der Waals surface area contributed by atoms with E-state index in [1.165, 1.54) is 9.36 Å². The second kappa shape index (κ2) is 5.90. The zero-order valence-electron chi connectivity index (χ0n) is 11.9. The third-order valence-corrected chi connectivity index (χ3v) is 5.17. The molecule has 0 aliphatic carbocycles. The summed E-state index contributed by atoms with van der Waals surface area (Å²) in [5.41, 5.74) is 1.23. The first-order valence-electron chi connectivity index (χ1n) is 6.88. The highest BCUT2D eigenvalue weighted by Crippen LogP contribution is 2.27. The average molecular weight is 341 g/mol. The van der Waals surface area contributed by atoms with Gasteiger partial charge in [-0.05, 0) is 34.0 Å². The Kier molecular flexibility index (Phi) is 3.60. The fourth-order valence-electron chi connectivity index (χ4n) is 2.15. The monoisotopic (exact) mass is 341 g/mol. The lowest BCUT2D eigenvalue weighted by Crippen LogP contribution is -2.24. The standard InChI is InChI=1S/C15H11N5OS2/c21-15-19(17-18-20(15)12-5-2-1-3-6-12)9-11-10-23-14(16-11)13-7-4-8-22-13/h1-8,10H,9H2. The van der Waals surface area contributed by atoms with Crippen molar-refractivity contribution in [1.82, 2.24) is 24.8 Å². The first-order chi connectivity index (χ1) is 11.3. The van der Waals surface area contributed by atoms with E-state index in [0.717, 1.165) is 15.6 Å². The van der Waals surface area contributed by atoms with Crippen molar-refractivity contribution in [3.63, 3.8) is 0 Å². The number of benzene rings is 1. The van der Waals surface area contributed by atoms with Crippen molar-refractivity contribution in [3.8, 4) is 15.6 Å². The van der Waals surface area contributed by atoms with Crippen LogP contribution < -0.4 is 5.69 Å². The van der Waals surface area contributed by atoms with Crippen LogP contribution in [-0.4, -0.2) is 24.8 Å². The number of rotatable bonds is 4. The van der Waals surface area contributed by atoms with Gasteiger partial charge in [-0.1, -0.05) is 24.3 Å². The topological polar surface area (TPSA) is 65.6 Å². The molecule has 0 saturated heterocycles. The highest BCUT2D eigenvalue weighted by Gasteiger charge is 2.11. The summed E-state index contributed by atoms with van der Waals surface area (Å²) in [6.07, 6.45) is 0. The van der Waals surface area contributed by atoms with Crippen LogP contribution in [0.1, 0.15) is 5.69 Å². The molecular weight excluding hydrogens is 330 g/mol. The van der Waals surface area contributed by atoms with Crippen LogP contribution in [-0.2, 0) is 6.54 Å². The SMILES string of the molecule is O=c1n(Cc2csc(-c3cccs3)n2)nnn1-c1ccccc1. The van der Waals surface area contributed by atoms with Crippen molar-refractivity contribution >= 4 is 22.7 Å². The van der Waals surface area contributed by atoms with Crippen molar-refractivity contribution in [2.45, 2.75) is 6.54 Å². The van der Waals surface area contributed by atoms with Gasteiger partial charge in [-0.15, -0.1) is 22.7 Å². The van der Waals surface area contributed by atoms with E-state index in [9.17, 15) is 4.79 Å². The maximum atomic E-state index is 12.4. The minimum Gasteiger partial charge on any atom is -0.244 e. The zero-order chi connectivity index (χ0) is 15.6. The summed E-state index contributed by atoms with van der Waals surface area (Å²) < 4.78 is 2.60. The fraction of sp³-hybridized carbons (Fsp3) is 0.0667. The second-order valence-electron chi connectivity index (χ2n) is 4.79. The lowest BCUT2D eigenvalue weighted by Gasteiger charge is -1.96. The maximum Gasteiger partial charge on any atom is 0.368 e. The first-order valence-corrected chi connectivity index (χ1v) is 8.64. The molecule has 3 aromatic heterocycles. The molecule has 0 bridgehead atoms. The molecule has 8 heteroatoms. The van der Waals surface area contributed by atoms with Crippen LogP contribution in [0.4, 0.5) is 0 Å². The van der Waals surface area contributed by atoms with Crippen LogP contribution >= 0.6 is 22.7 Å². The molecule has 0 spiro atoms. The summed E-state index contributed by atoms with van der Waals surface area (Å²) in [7, 11) is 0. The maximum absolute atomic E-state index is 12.4. The molecule has 4 rings (SSSR count). The molecule has 1 aromatic carbocycles. The number of thiophene rings is 1. The molecule has 0 aliphatic heterocycles. The lowest BCUT2D eigenvalue weighted by atomic mass is 10.3. The number of para-hydroxylation sites is 1. The Morgan fingerprint density at radius 1 is 1.00 bits per heavy atom. The van der Waals surface area contributed by atoms with Crippen LogP contribution in [0, 0.1) is 0 Å². The lowest BCUT2D eigenvalue weighted by molar-refractivity contribution is 0.624. The Morgan fingerprint density at radius 3 is 2.65 bits per heavy atom. The number of nitrogens with zero attached hydrogens (tertiary/aromatic N) is 5. The predicted octanol–water partition coefficient (Wildman–Crippen LogP) is 2.66. The van der Waals surface area contributed by atoms with Crippen LogP contribution in [0.15, 0.2) is 58.0 Å². The quantitative estimate of drug-likeness (QED) is 0.572. The molecule has 0 fully saturated rings. The van der Waals surface area contributed by atoms with E-state index in [1.54, 1.807) is 22.7 Å². The normalized spacial score (nSPS) is 11.0. The van der Waals surface area contributed by atoms with Crippen LogP contribution in [0.5, 0.6) is 0 Å². The van der Waals surface area contributed by atoms with E-state index in [2.05, 4.69) is 15.4 Å². The second-order valence-corrected chi connectivity index (χ2v) is 6.59. The van der Waals surface area contributed by atoms with Gasteiger partial charge in [0.1, 0.15) is 5.01 Å². The van der Waals surface area contributed by atoms with Gasteiger partial charge < -0.3 is 0 Å². The van der Waals surface area contributed by atoms with E-state index >= 15 is 0 Å². The molecule has 0 amide bonds. The van der Waals surface area contributed by atoms with Crippen molar-refractivity contribution in [1.29, 1.82) is 0 Å². The first kappa shape index (κ1) is 14.0. The average Bonchev–Trinajstić information content (AvgIpc) is 3.31. The summed E-state index contributed by atoms with van der Waals surface area (Å²) in [5, 5.41) is 12.8. The third kappa shape index (κ3) is 2.73. The van der Waals surface area contributed by atoms with Gasteiger partial charge in [-0.3, -0.25) is 0 Å². The molecule has 23 heavy (non-hydrogen) atoms. The predicted molar refractivity (Wildman–Crippen MR) is 90.1 cm³/mol. The van der Waals surface area contributed by atoms with Crippen LogP contribution in [0.25, 0.3) is 15.6 Å². The summed E-state index contributed by atoms with van der Waals surface area (Å²) in [6, 6.07) is 13.3. The van der Waals surface area contributed by atoms with Crippen molar-refractivity contribution in [2.75, 3.05) is 0 Å². The number of hydrogen-bond acceptors (Lipinski definition) is 6. The highest BCUT2D eigenvalue weighted by molar-refractivity contribution is 7.20. The van der Waals surface area contributed by atoms with Gasteiger partial charge in [0.05, 0.1) is 22.8 Å². The van der Waals surface area contributed by atoms with E-state index in [-0.39, 0.29) is 5.69 Å². The summed E-state index contributed by atoms with van der Waals surface area (Å²) in [6.45, 7) is 0.313. The molecule has 4 aromatic rings. The number of hydrogen-bond donors (Lipinski definition) is 0. The smallest absolute Gasteiger partial charge is 0.244 e. The van der Waals surface area contributed by atoms with Gasteiger partial charge in [0.15, 0.2) is 0 Å². The molecule has 0 saturated carbocycles. The van der Waals surface area contributed by atoms with Gasteiger partial charge >= 0.3 is 5.69 Å².